The maximum absolute atomic E-state index is 11.7. The fraction of sp³-hybridized carbons (Fsp3) is 0.818. The van der Waals surface area contributed by atoms with Crippen LogP contribution in [0.5, 0.6) is 0 Å². The molecule has 0 aromatic heterocycles. The van der Waals surface area contributed by atoms with Gasteiger partial charge in [-0.15, -0.1) is 0 Å². The lowest BCUT2D eigenvalue weighted by Gasteiger charge is -2.34. The zero-order chi connectivity index (χ0) is 12.1. The van der Waals surface area contributed by atoms with E-state index >= 15 is 0 Å². The topological polar surface area (TPSA) is 49.9 Å². The monoisotopic (exact) mass is 228 g/mol. The van der Waals surface area contributed by atoms with Crippen LogP contribution in [-0.4, -0.2) is 60.5 Å². The SMILES string of the molecule is CC(=O)N1CCN(C(=O)COC(C)C)CC1. The van der Waals surface area contributed by atoms with Crippen molar-refractivity contribution in [3.05, 3.63) is 0 Å². The quantitative estimate of drug-likeness (QED) is 0.688. The van der Waals surface area contributed by atoms with E-state index in [1.165, 1.54) is 0 Å². The zero-order valence-electron chi connectivity index (χ0n) is 10.2. The molecule has 0 atom stereocenters. The van der Waals surface area contributed by atoms with Gasteiger partial charge < -0.3 is 14.5 Å². The van der Waals surface area contributed by atoms with Crippen molar-refractivity contribution in [1.82, 2.24) is 9.80 Å². The van der Waals surface area contributed by atoms with Gasteiger partial charge in [0.05, 0.1) is 6.10 Å². The Hall–Kier alpha value is -1.10. The van der Waals surface area contributed by atoms with Gasteiger partial charge in [-0.25, -0.2) is 0 Å². The van der Waals surface area contributed by atoms with Crippen LogP contribution >= 0.6 is 0 Å². The van der Waals surface area contributed by atoms with Crippen LogP contribution in [0.2, 0.25) is 0 Å². The first-order chi connectivity index (χ1) is 7.50. The summed E-state index contributed by atoms with van der Waals surface area (Å²) in [5.74, 6) is 0.0856. The van der Waals surface area contributed by atoms with Crippen LogP contribution < -0.4 is 0 Å². The van der Waals surface area contributed by atoms with E-state index in [2.05, 4.69) is 0 Å². The highest BCUT2D eigenvalue weighted by molar-refractivity contribution is 5.78. The Bertz CT molecular complexity index is 258. The molecule has 0 N–H and O–H groups in total. The van der Waals surface area contributed by atoms with Crippen molar-refractivity contribution in [3.8, 4) is 0 Å². The fourth-order valence-corrected chi connectivity index (χ4v) is 1.60. The van der Waals surface area contributed by atoms with Gasteiger partial charge in [0.15, 0.2) is 0 Å². The molecule has 5 nitrogen and oxygen atoms in total. The minimum Gasteiger partial charge on any atom is -0.369 e. The number of hydrogen-bond donors (Lipinski definition) is 0. The van der Waals surface area contributed by atoms with Gasteiger partial charge in [0.25, 0.3) is 0 Å². The van der Waals surface area contributed by atoms with E-state index in [0.717, 1.165) is 0 Å². The Morgan fingerprint density at radius 1 is 1.12 bits per heavy atom. The molecule has 0 aromatic carbocycles. The molecular formula is C11H20N2O3. The van der Waals surface area contributed by atoms with Crippen molar-refractivity contribution < 1.29 is 14.3 Å². The highest BCUT2D eigenvalue weighted by Gasteiger charge is 2.22. The zero-order valence-corrected chi connectivity index (χ0v) is 10.2. The largest absolute Gasteiger partial charge is 0.369 e. The molecule has 0 spiro atoms. The molecule has 0 bridgehead atoms. The molecule has 0 radical (unpaired) electrons. The Labute approximate surface area is 96.3 Å². The van der Waals surface area contributed by atoms with E-state index in [1.807, 2.05) is 13.8 Å². The summed E-state index contributed by atoms with van der Waals surface area (Å²) in [7, 11) is 0. The predicted molar refractivity (Wildman–Crippen MR) is 59.9 cm³/mol. The Morgan fingerprint density at radius 3 is 2.06 bits per heavy atom. The van der Waals surface area contributed by atoms with E-state index in [9.17, 15) is 9.59 Å². The van der Waals surface area contributed by atoms with Gasteiger partial charge in [-0.05, 0) is 13.8 Å². The molecular weight excluding hydrogens is 208 g/mol. The molecule has 1 aliphatic heterocycles. The highest BCUT2D eigenvalue weighted by atomic mass is 16.5. The van der Waals surface area contributed by atoms with Crippen molar-refractivity contribution in [3.63, 3.8) is 0 Å². The molecule has 5 heteroatoms. The molecule has 2 amide bonds. The number of ether oxygens (including phenoxy) is 1. The number of amides is 2. The van der Waals surface area contributed by atoms with Crippen LogP contribution in [0.15, 0.2) is 0 Å². The van der Waals surface area contributed by atoms with Crippen LogP contribution in [0.1, 0.15) is 20.8 Å². The molecule has 0 aliphatic carbocycles. The summed E-state index contributed by atoms with van der Waals surface area (Å²) in [5, 5.41) is 0. The number of carbonyl (C=O) groups excluding carboxylic acids is 2. The molecule has 1 fully saturated rings. The van der Waals surface area contributed by atoms with Gasteiger partial charge in [0.2, 0.25) is 11.8 Å². The molecule has 0 aromatic rings. The third-order valence-electron chi connectivity index (χ3n) is 2.62. The van der Waals surface area contributed by atoms with Gasteiger partial charge >= 0.3 is 0 Å². The minimum atomic E-state index is 0.0110. The molecule has 0 saturated carbocycles. The number of nitrogens with zero attached hydrogens (tertiary/aromatic N) is 2. The smallest absolute Gasteiger partial charge is 0.248 e. The number of rotatable bonds is 3. The molecule has 1 saturated heterocycles. The second-order valence-electron chi connectivity index (χ2n) is 4.25. The third-order valence-corrected chi connectivity index (χ3v) is 2.62. The van der Waals surface area contributed by atoms with Crippen LogP contribution in [0.4, 0.5) is 0 Å². The molecule has 1 heterocycles. The summed E-state index contributed by atoms with van der Waals surface area (Å²) in [6, 6.07) is 0. The van der Waals surface area contributed by atoms with Crippen molar-refractivity contribution in [2.24, 2.45) is 0 Å². The maximum Gasteiger partial charge on any atom is 0.248 e. The summed E-state index contributed by atoms with van der Waals surface area (Å²) in [6.07, 6.45) is 0.0717. The van der Waals surface area contributed by atoms with Crippen LogP contribution in [0.3, 0.4) is 0 Å². The first kappa shape index (κ1) is 13.0. The Kier molecular flexibility index (Phi) is 4.73. The summed E-state index contributed by atoms with van der Waals surface area (Å²) < 4.78 is 5.26. The van der Waals surface area contributed by atoms with Crippen LogP contribution in [0.25, 0.3) is 0 Å². The molecule has 1 aliphatic rings. The van der Waals surface area contributed by atoms with Crippen LogP contribution in [0, 0.1) is 0 Å². The van der Waals surface area contributed by atoms with Gasteiger partial charge in [-0.3, -0.25) is 9.59 Å². The molecule has 16 heavy (non-hydrogen) atoms. The number of hydrogen-bond acceptors (Lipinski definition) is 3. The van der Waals surface area contributed by atoms with Crippen molar-refractivity contribution >= 4 is 11.8 Å². The lowest BCUT2D eigenvalue weighted by Crippen LogP contribution is -2.51. The summed E-state index contributed by atoms with van der Waals surface area (Å²) in [4.78, 5) is 26.3. The maximum atomic E-state index is 11.7. The summed E-state index contributed by atoms with van der Waals surface area (Å²) in [6.45, 7) is 7.98. The third kappa shape index (κ3) is 3.81. The van der Waals surface area contributed by atoms with E-state index in [-0.39, 0.29) is 24.5 Å². The van der Waals surface area contributed by atoms with Crippen LogP contribution in [-0.2, 0) is 14.3 Å². The van der Waals surface area contributed by atoms with Gasteiger partial charge in [0.1, 0.15) is 6.61 Å². The first-order valence-corrected chi connectivity index (χ1v) is 5.65. The molecule has 1 rings (SSSR count). The van der Waals surface area contributed by atoms with Crippen molar-refractivity contribution in [2.45, 2.75) is 26.9 Å². The summed E-state index contributed by atoms with van der Waals surface area (Å²) >= 11 is 0. The lowest BCUT2D eigenvalue weighted by molar-refractivity contribution is -0.142. The van der Waals surface area contributed by atoms with Gasteiger partial charge in [0, 0.05) is 33.1 Å². The first-order valence-electron chi connectivity index (χ1n) is 5.65. The summed E-state index contributed by atoms with van der Waals surface area (Å²) in [5.41, 5.74) is 0. The Morgan fingerprint density at radius 2 is 1.62 bits per heavy atom. The lowest BCUT2D eigenvalue weighted by atomic mass is 10.3. The van der Waals surface area contributed by atoms with E-state index < -0.39 is 0 Å². The normalized spacial score (nSPS) is 16.8. The second-order valence-corrected chi connectivity index (χ2v) is 4.25. The second kappa shape index (κ2) is 5.84. The standard InChI is InChI=1S/C11H20N2O3/c1-9(2)16-8-11(15)13-6-4-12(5-7-13)10(3)14/h9H,4-8H2,1-3H3. The Balaban J connectivity index is 2.30. The van der Waals surface area contributed by atoms with E-state index in [0.29, 0.717) is 26.2 Å². The molecule has 0 unspecified atom stereocenters. The van der Waals surface area contributed by atoms with Crippen molar-refractivity contribution in [2.75, 3.05) is 32.8 Å². The van der Waals surface area contributed by atoms with Gasteiger partial charge in [-0.1, -0.05) is 0 Å². The van der Waals surface area contributed by atoms with E-state index in [1.54, 1.807) is 16.7 Å². The minimum absolute atomic E-state index is 0.0110. The van der Waals surface area contributed by atoms with Gasteiger partial charge in [-0.2, -0.15) is 0 Å². The average molecular weight is 228 g/mol. The number of piperazine rings is 1. The van der Waals surface area contributed by atoms with Crippen molar-refractivity contribution in [1.29, 1.82) is 0 Å². The average Bonchev–Trinajstić information content (AvgIpc) is 2.26. The van der Waals surface area contributed by atoms with E-state index in [4.69, 9.17) is 4.74 Å². The highest BCUT2D eigenvalue weighted by Crippen LogP contribution is 2.03. The fourth-order valence-electron chi connectivity index (χ4n) is 1.60. The number of carbonyl (C=O) groups is 2. The molecule has 92 valence electrons. The predicted octanol–water partition coefficient (Wildman–Crippen LogP) is 0.102.